The standard InChI is InChI=1S/C16H25N3O4S2/c1-3-19(4-2)25(22,23)16-7-5-6-15(12-16)24(20,21)18-13-14-8-10-17-11-9-14/h5-8,12,17-18H,3-4,9-11,13H2,1-2H3. The van der Waals surface area contributed by atoms with Crippen molar-refractivity contribution >= 4 is 20.0 Å². The van der Waals surface area contributed by atoms with Crippen LogP contribution in [0.25, 0.3) is 0 Å². The van der Waals surface area contributed by atoms with Gasteiger partial charge in [0.2, 0.25) is 20.0 Å². The maximum atomic E-state index is 12.6. The molecule has 0 spiro atoms. The Kier molecular flexibility index (Phi) is 6.75. The van der Waals surface area contributed by atoms with E-state index in [4.69, 9.17) is 0 Å². The van der Waals surface area contributed by atoms with E-state index in [2.05, 4.69) is 10.0 Å². The minimum absolute atomic E-state index is 0.0137. The van der Waals surface area contributed by atoms with E-state index in [0.29, 0.717) is 13.1 Å². The first-order valence-corrected chi connectivity index (χ1v) is 11.2. The first-order chi connectivity index (χ1) is 11.8. The molecule has 9 heteroatoms. The predicted octanol–water partition coefficient (Wildman–Crippen LogP) is 0.915. The smallest absolute Gasteiger partial charge is 0.243 e. The topological polar surface area (TPSA) is 95.6 Å². The summed E-state index contributed by atoms with van der Waals surface area (Å²) in [6.45, 7) is 5.94. The second kappa shape index (κ2) is 8.41. The van der Waals surface area contributed by atoms with Crippen molar-refractivity contribution in [3.05, 3.63) is 35.9 Å². The van der Waals surface area contributed by atoms with Crippen LogP contribution in [0.5, 0.6) is 0 Å². The molecule has 7 nitrogen and oxygen atoms in total. The quantitative estimate of drug-likeness (QED) is 0.647. The Bertz CT molecular complexity index is 829. The van der Waals surface area contributed by atoms with E-state index < -0.39 is 20.0 Å². The second-order valence-electron chi connectivity index (χ2n) is 5.71. The van der Waals surface area contributed by atoms with Crippen LogP contribution < -0.4 is 10.0 Å². The molecule has 2 N–H and O–H groups in total. The zero-order valence-corrected chi connectivity index (χ0v) is 16.2. The number of sulfonamides is 2. The van der Waals surface area contributed by atoms with Gasteiger partial charge < -0.3 is 5.32 Å². The number of benzene rings is 1. The third-order valence-electron chi connectivity index (χ3n) is 4.11. The third-order valence-corrected chi connectivity index (χ3v) is 7.55. The Morgan fingerprint density at radius 1 is 1.12 bits per heavy atom. The summed E-state index contributed by atoms with van der Waals surface area (Å²) in [6.07, 6.45) is 2.76. The molecule has 0 saturated heterocycles. The molecule has 0 saturated carbocycles. The lowest BCUT2D eigenvalue weighted by Crippen LogP contribution is -2.31. The number of rotatable bonds is 8. The first-order valence-electron chi connectivity index (χ1n) is 8.29. The summed E-state index contributed by atoms with van der Waals surface area (Å²) in [5.41, 5.74) is 1.02. The number of hydrogen-bond acceptors (Lipinski definition) is 5. The maximum Gasteiger partial charge on any atom is 0.243 e. The molecule has 0 radical (unpaired) electrons. The van der Waals surface area contributed by atoms with Crippen LogP contribution in [0.15, 0.2) is 45.7 Å². The van der Waals surface area contributed by atoms with Gasteiger partial charge >= 0.3 is 0 Å². The lowest BCUT2D eigenvalue weighted by Gasteiger charge is -2.19. The fraction of sp³-hybridized carbons (Fsp3) is 0.500. The Balaban J connectivity index is 2.23. The lowest BCUT2D eigenvalue weighted by atomic mass is 10.1. The predicted molar refractivity (Wildman–Crippen MR) is 97.3 cm³/mol. The second-order valence-corrected chi connectivity index (χ2v) is 9.41. The van der Waals surface area contributed by atoms with Crippen LogP contribution in [-0.4, -0.2) is 53.9 Å². The van der Waals surface area contributed by atoms with E-state index in [-0.39, 0.29) is 16.3 Å². The molecule has 0 aliphatic carbocycles. The van der Waals surface area contributed by atoms with Gasteiger partial charge in [-0.25, -0.2) is 21.6 Å². The molecule has 1 aliphatic heterocycles. The van der Waals surface area contributed by atoms with E-state index in [9.17, 15) is 16.8 Å². The first kappa shape index (κ1) is 20.1. The third kappa shape index (κ3) is 4.89. The van der Waals surface area contributed by atoms with Gasteiger partial charge in [-0.2, -0.15) is 4.31 Å². The number of hydrogen-bond donors (Lipinski definition) is 2. The van der Waals surface area contributed by atoms with Crippen molar-refractivity contribution in [2.24, 2.45) is 0 Å². The van der Waals surface area contributed by atoms with Crippen molar-refractivity contribution in [2.75, 3.05) is 32.7 Å². The zero-order chi connectivity index (χ0) is 18.5. The molecule has 140 valence electrons. The van der Waals surface area contributed by atoms with Gasteiger partial charge in [-0.1, -0.05) is 31.6 Å². The van der Waals surface area contributed by atoms with E-state index in [1.807, 2.05) is 6.08 Å². The maximum absolute atomic E-state index is 12.6. The minimum atomic E-state index is -3.78. The van der Waals surface area contributed by atoms with E-state index >= 15 is 0 Å². The summed E-state index contributed by atoms with van der Waals surface area (Å²) in [4.78, 5) is -0.0598. The van der Waals surface area contributed by atoms with E-state index in [1.165, 1.54) is 28.6 Å². The van der Waals surface area contributed by atoms with Gasteiger partial charge in [-0.05, 0) is 31.2 Å². The minimum Gasteiger partial charge on any atom is -0.313 e. The van der Waals surface area contributed by atoms with Crippen LogP contribution >= 0.6 is 0 Å². The molecule has 2 rings (SSSR count). The average molecular weight is 388 g/mol. The van der Waals surface area contributed by atoms with Crippen molar-refractivity contribution in [2.45, 2.75) is 30.1 Å². The van der Waals surface area contributed by atoms with Crippen molar-refractivity contribution in [1.82, 2.24) is 14.3 Å². The Morgan fingerprint density at radius 3 is 2.40 bits per heavy atom. The summed E-state index contributed by atoms with van der Waals surface area (Å²) in [7, 11) is -7.47. The fourth-order valence-corrected chi connectivity index (χ4v) is 5.28. The molecular weight excluding hydrogens is 362 g/mol. The van der Waals surface area contributed by atoms with Gasteiger partial charge in [-0.3, -0.25) is 0 Å². The Hall–Kier alpha value is -1.26. The molecule has 1 heterocycles. The SMILES string of the molecule is CCN(CC)S(=O)(=O)c1cccc(S(=O)(=O)NCC2=CCNCC2)c1. The molecule has 0 bridgehead atoms. The Morgan fingerprint density at radius 2 is 1.80 bits per heavy atom. The summed E-state index contributed by atoms with van der Waals surface area (Å²) in [5, 5.41) is 3.16. The molecule has 1 aliphatic rings. The molecule has 25 heavy (non-hydrogen) atoms. The summed E-state index contributed by atoms with van der Waals surface area (Å²) >= 11 is 0. The largest absolute Gasteiger partial charge is 0.313 e. The van der Waals surface area contributed by atoms with Crippen molar-refractivity contribution in [3.63, 3.8) is 0 Å². The molecule has 1 aromatic rings. The Labute approximate surface area is 150 Å². The van der Waals surface area contributed by atoms with Crippen LogP contribution in [-0.2, 0) is 20.0 Å². The molecule has 0 atom stereocenters. The van der Waals surface area contributed by atoms with Crippen LogP contribution in [0.4, 0.5) is 0 Å². The molecule has 0 unspecified atom stereocenters. The van der Waals surface area contributed by atoms with Gasteiger partial charge in [0.05, 0.1) is 9.79 Å². The summed E-state index contributed by atoms with van der Waals surface area (Å²) in [6, 6.07) is 5.49. The van der Waals surface area contributed by atoms with Crippen molar-refractivity contribution < 1.29 is 16.8 Å². The van der Waals surface area contributed by atoms with Crippen LogP contribution in [0, 0.1) is 0 Å². The highest BCUT2D eigenvalue weighted by molar-refractivity contribution is 7.90. The van der Waals surface area contributed by atoms with Crippen LogP contribution in [0.2, 0.25) is 0 Å². The van der Waals surface area contributed by atoms with Gasteiger partial charge in [0, 0.05) is 26.2 Å². The molecule has 0 aromatic heterocycles. The zero-order valence-electron chi connectivity index (χ0n) is 14.5. The molecular formula is C16H25N3O4S2. The number of nitrogens with zero attached hydrogens (tertiary/aromatic N) is 1. The average Bonchev–Trinajstić information content (AvgIpc) is 2.62. The van der Waals surface area contributed by atoms with Gasteiger partial charge in [0.1, 0.15) is 0 Å². The monoisotopic (exact) mass is 387 g/mol. The molecule has 0 amide bonds. The summed E-state index contributed by atoms with van der Waals surface area (Å²) in [5.74, 6) is 0. The van der Waals surface area contributed by atoms with Crippen LogP contribution in [0.1, 0.15) is 20.3 Å². The molecule has 1 aromatic carbocycles. The fourth-order valence-electron chi connectivity index (χ4n) is 2.62. The van der Waals surface area contributed by atoms with Gasteiger partial charge in [0.15, 0.2) is 0 Å². The van der Waals surface area contributed by atoms with Gasteiger partial charge in [-0.15, -0.1) is 0 Å². The summed E-state index contributed by atoms with van der Waals surface area (Å²) < 4.78 is 54.0. The molecule has 0 fully saturated rings. The highest BCUT2D eigenvalue weighted by Crippen LogP contribution is 2.19. The number of nitrogens with one attached hydrogen (secondary N) is 2. The lowest BCUT2D eigenvalue weighted by molar-refractivity contribution is 0.445. The van der Waals surface area contributed by atoms with Crippen molar-refractivity contribution in [3.8, 4) is 0 Å². The van der Waals surface area contributed by atoms with E-state index in [0.717, 1.165) is 25.1 Å². The van der Waals surface area contributed by atoms with Gasteiger partial charge in [0.25, 0.3) is 0 Å². The highest BCUT2D eigenvalue weighted by Gasteiger charge is 2.24. The van der Waals surface area contributed by atoms with E-state index in [1.54, 1.807) is 13.8 Å². The highest BCUT2D eigenvalue weighted by atomic mass is 32.2. The van der Waals surface area contributed by atoms with Crippen LogP contribution in [0.3, 0.4) is 0 Å². The van der Waals surface area contributed by atoms with Crippen molar-refractivity contribution in [1.29, 1.82) is 0 Å². The normalized spacial score (nSPS) is 16.0.